The van der Waals surface area contributed by atoms with Crippen molar-refractivity contribution in [3.8, 4) is 0 Å². The van der Waals surface area contributed by atoms with E-state index in [1.807, 2.05) is 13.0 Å². The third-order valence-corrected chi connectivity index (χ3v) is 2.80. The van der Waals surface area contributed by atoms with Crippen molar-refractivity contribution in [2.24, 2.45) is 0 Å². The van der Waals surface area contributed by atoms with Crippen LogP contribution >= 0.6 is 0 Å². The number of hydrogen-bond donors (Lipinski definition) is 3. The molecule has 0 saturated carbocycles. The van der Waals surface area contributed by atoms with Gasteiger partial charge in [-0.05, 0) is 25.0 Å². The lowest BCUT2D eigenvalue weighted by molar-refractivity contribution is 0.126. The highest BCUT2D eigenvalue weighted by molar-refractivity contribution is 5.57. The maximum absolute atomic E-state index is 8.77. The molecular weight excluding hydrogens is 176 g/mol. The molecule has 0 aliphatic carbocycles. The van der Waals surface area contributed by atoms with Crippen molar-refractivity contribution < 1.29 is 5.21 Å². The normalized spacial score (nSPS) is 21.4. The molecule has 2 rings (SSSR count). The first-order valence-electron chi connectivity index (χ1n) is 5.03. The molecule has 0 saturated heterocycles. The first kappa shape index (κ1) is 9.49. The number of anilines is 1. The highest BCUT2D eigenvalue weighted by atomic mass is 16.5. The number of hydrogen-bond acceptors (Lipinski definition) is 3. The Hall–Kier alpha value is -1.06. The van der Waals surface area contributed by atoms with Gasteiger partial charge in [-0.1, -0.05) is 18.2 Å². The Kier molecular flexibility index (Phi) is 2.70. The van der Waals surface area contributed by atoms with Crippen LogP contribution in [0.4, 0.5) is 5.69 Å². The maximum atomic E-state index is 8.77. The van der Waals surface area contributed by atoms with Gasteiger partial charge in [0.25, 0.3) is 0 Å². The van der Waals surface area contributed by atoms with Gasteiger partial charge in [0.2, 0.25) is 0 Å². The summed E-state index contributed by atoms with van der Waals surface area (Å²) < 4.78 is 0. The second-order valence-electron chi connectivity index (χ2n) is 3.93. The van der Waals surface area contributed by atoms with Crippen molar-refractivity contribution in [2.45, 2.75) is 25.3 Å². The third kappa shape index (κ3) is 1.74. The van der Waals surface area contributed by atoms with E-state index < -0.39 is 0 Å². The minimum Gasteiger partial charge on any atom is -0.384 e. The van der Waals surface area contributed by atoms with Crippen LogP contribution in [0, 0.1) is 0 Å². The number of benzene rings is 1. The number of para-hydroxylation sites is 1. The van der Waals surface area contributed by atoms with E-state index in [0.717, 1.165) is 13.0 Å². The van der Waals surface area contributed by atoms with Crippen LogP contribution in [0.15, 0.2) is 24.3 Å². The van der Waals surface area contributed by atoms with Gasteiger partial charge in [0, 0.05) is 24.2 Å². The summed E-state index contributed by atoms with van der Waals surface area (Å²) in [5.41, 5.74) is 4.90. The smallest absolute Gasteiger partial charge is 0.0376 e. The fourth-order valence-corrected chi connectivity index (χ4v) is 2.05. The van der Waals surface area contributed by atoms with Gasteiger partial charge in [-0.25, -0.2) is 5.48 Å². The summed E-state index contributed by atoms with van der Waals surface area (Å²) in [5, 5.41) is 12.1. The molecule has 0 aromatic heterocycles. The Morgan fingerprint density at radius 3 is 3.14 bits per heavy atom. The molecule has 3 heteroatoms. The molecule has 1 aromatic carbocycles. The Morgan fingerprint density at radius 1 is 1.57 bits per heavy atom. The van der Waals surface area contributed by atoms with Crippen LogP contribution in [-0.2, 0) is 0 Å². The molecule has 0 fully saturated rings. The average molecular weight is 192 g/mol. The quantitative estimate of drug-likeness (QED) is 0.641. The van der Waals surface area contributed by atoms with Crippen molar-refractivity contribution in [1.29, 1.82) is 0 Å². The van der Waals surface area contributed by atoms with Gasteiger partial charge in [0.1, 0.15) is 0 Å². The molecule has 3 nitrogen and oxygen atoms in total. The molecule has 0 amide bonds. The SMILES string of the molecule is CC(CC1CNc2ccccc21)NO. The zero-order chi connectivity index (χ0) is 9.97. The monoisotopic (exact) mass is 192 g/mol. The third-order valence-electron chi connectivity index (χ3n) is 2.80. The van der Waals surface area contributed by atoms with E-state index in [4.69, 9.17) is 5.21 Å². The van der Waals surface area contributed by atoms with Gasteiger partial charge in [0.15, 0.2) is 0 Å². The maximum Gasteiger partial charge on any atom is 0.0376 e. The van der Waals surface area contributed by atoms with Crippen molar-refractivity contribution in [2.75, 3.05) is 11.9 Å². The number of rotatable bonds is 3. The molecule has 0 radical (unpaired) electrons. The summed E-state index contributed by atoms with van der Waals surface area (Å²) in [6.07, 6.45) is 0.959. The Balaban J connectivity index is 2.10. The van der Waals surface area contributed by atoms with E-state index in [1.165, 1.54) is 11.3 Å². The zero-order valence-electron chi connectivity index (χ0n) is 8.33. The largest absolute Gasteiger partial charge is 0.384 e. The molecular formula is C11H16N2O. The fourth-order valence-electron chi connectivity index (χ4n) is 2.05. The lowest BCUT2D eigenvalue weighted by atomic mass is 9.95. The highest BCUT2D eigenvalue weighted by Gasteiger charge is 2.22. The molecule has 1 aromatic rings. The van der Waals surface area contributed by atoms with E-state index in [2.05, 4.69) is 29.0 Å². The first-order valence-corrected chi connectivity index (χ1v) is 5.03. The minimum absolute atomic E-state index is 0.146. The van der Waals surface area contributed by atoms with Gasteiger partial charge in [-0.3, -0.25) is 0 Å². The van der Waals surface area contributed by atoms with Crippen molar-refractivity contribution in [1.82, 2.24) is 5.48 Å². The van der Waals surface area contributed by atoms with Crippen LogP contribution in [0.3, 0.4) is 0 Å². The van der Waals surface area contributed by atoms with Crippen molar-refractivity contribution >= 4 is 5.69 Å². The van der Waals surface area contributed by atoms with Crippen LogP contribution in [0.2, 0.25) is 0 Å². The summed E-state index contributed by atoms with van der Waals surface area (Å²) in [6, 6.07) is 8.52. The van der Waals surface area contributed by atoms with E-state index in [0.29, 0.717) is 5.92 Å². The molecule has 1 aliphatic heterocycles. The molecule has 0 bridgehead atoms. The van der Waals surface area contributed by atoms with Crippen LogP contribution < -0.4 is 10.8 Å². The van der Waals surface area contributed by atoms with E-state index in [-0.39, 0.29) is 6.04 Å². The highest BCUT2D eigenvalue weighted by Crippen LogP contribution is 2.33. The minimum atomic E-state index is 0.146. The number of hydroxylamine groups is 1. The van der Waals surface area contributed by atoms with Gasteiger partial charge in [-0.2, -0.15) is 0 Å². The standard InChI is InChI=1S/C11H16N2O/c1-8(13-14)6-9-7-12-11-5-3-2-4-10(9)11/h2-5,8-9,12-14H,6-7H2,1H3. The summed E-state index contributed by atoms with van der Waals surface area (Å²) in [6.45, 7) is 2.96. The Labute approximate surface area is 84.1 Å². The predicted molar refractivity (Wildman–Crippen MR) is 56.7 cm³/mol. The Bertz CT molecular complexity index is 314. The fraction of sp³-hybridized carbons (Fsp3) is 0.455. The van der Waals surface area contributed by atoms with Crippen molar-refractivity contribution in [3.05, 3.63) is 29.8 Å². The van der Waals surface area contributed by atoms with Gasteiger partial charge in [0.05, 0.1) is 0 Å². The van der Waals surface area contributed by atoms with Crippen LogP contribution in [0.5, 0.6) is 0 Å². The van der Waals surface area contributed by atoms with Crippen LogP contribution in [-0.4, -0.2) is 17.8 Å². The molecule has 2 atom stereocenters. The van der Waals surface area contributed by atoms with Gasteiger partial charge >= 0.3 is 0 Å². The average Bonchev–Trinajstić information content (AvgIpc) is 2.62. The second-order valence-corrected chi connectivity index (χ2v) is 3.93. The summed E-state index contributed by atoms with van der Waals surface area (Å²) in [5.74, 6) is 0.515. The zero-order valence-corrected chi connectivity index (χ0v) is 8.33. The molecule has 1 heterocycles. The van der Waals surface area contributed by atoms with Crippen LogP contribution in [0.1, 0.15) is 24.8 Å². The van der Waals surface area contributed by atoms with Crippen LogP contribution in [0.25, 0.3) is 0 Å². The summed E-state index contributed by atoms with van der Waals surface area (Å²) in [4.78, 5) is 0. The lowest BCUT2D eigenvalue weighted by Gasteiger charge is -2.14. The number of nitrogens with one attached hydrogen (secondary N) is 2. The van der Waals surface area contributed by atoms with Gasteiger partial charge < -0.3 is 10.5 Å². The van der Waals surface area contributed by atoms with E-state index in [9.17, 15) is 0 Å². The lowest BCUT2D eigenvalue weighted by Crippen LogP contribution is -2.24. The predicted octanol–water partition coefficient (Wildman–Crippen LogP) is 1.95. The summed E-state index contributed by atoms with van der Waals surface area (Å²) >= 11 is 0. The molecule has 3 N–H and O–H groups in total. The molecule has 76 valence electrons. The topological polar surface area (TPSA) is 44.3 Å². The Morgan fingerprint density at radius 2 is 2.36 bits per heavy atom. The molecule has 2 unspecified atom stereocenters. The van der Waals surface area contributed by atoms with E-state index in [1.54, 1.807) is 0 Å². The molecule has 14 heavy (non-hydrogen) atoms. The van der Waals surface area contributed by atoms with Crippen molar-refractivity contribution in [3.63, 3.8) is 0 Å². The second kappa shape index (κ2) is 3.98. The first-order chi connectivity index (χ1) is 6.81. The number of fused-ring (bicyclic) bond motifs is 1. The molecule has 0 spiro atoms. The van der Waals surface area contributed by atoms with Gasteiger partial charge in [-0.15, -0.1) is 0 Å². The molecule has 1 aliphatic rings. The van der Waals surface area contributed by atoms with E-state index >= 15 is 0 Å². The summed E-state index contributed by atoms with van der Waals surface area (Å²) in [7, 11) is 0.